The van der Waals surface area contributed by atoms with Crippen molar-refractivity contribution in [1.29, 1.82) is 0 Å². The van der Waals surface area contributed by atoms with Gasteiger partial charge in [-0.05, 0) is 93.2 Å². The van der Waals surface area contributed by atoms with E-state index in [0.717, 1.165) is 89.9 Å². The summed E-state index contributed by atoms with van der Waals surface area (Å²) in [6, 6.07) is 61.1. The van der Waals surface area contributed by atoms with Gasteiger partial charge in [-0.2, -0.15) is 0 Å². The number of fused-ring (bicyclic) bond motifs is 8. The second kappa shape index (κ2) is 12.9. The number of para-hydroxylation sites is 1. The maximum atomic E-state index is 5.41. The van der Waals surface area contributed by atoms with Crippen molar-refractivity contribution in [1.82, 2.24) is 14.5 Å². The van der Waals surface area contributed by atoms with Crippen LogP contribution in [0.4, 0.5) is 11.4 Å². The molecule has 0 aliphatic carbocycles. The molecule has 272 valence electrons. The number of hydrogen-bond acceptors (Lipinski definition) is 4. The zero-order valence-electron chi connectivity index (χ0n) is 31.4. The molecule has 8 aromatic carbocycles. The van der Waals surface area contributed by atoms with E-state index in [1.165, 1.54) is 25.9 Å². The minimum Gasteiger partial charge on any atom is -0.337 e. The molecule has 0 atom stereocenters. The SMILES string of the molecule is C=C1c2ccccc2/C=C\CN(c2ccc3ccccc3c2)c2ccc(-c3ccc4c5ccccc5n(-c5nc6c7c(cccc7n5)Sc5ccccc5-6)c4c3)cc21. The summed E-state index contributed by atoms with van der Waals surface area (Å²) in [5, 5.41) is 5.90. The number of aromatic nitrogens is 3. The molecule has 0 radical (unpaired) electrons. The first-order valence-corrected chi connectivity index (χ1v) is 20.5. The molecule has 10 aromatic rings. The van der Waals surface area contributed by atoms with Crippen LogP contribution in [0.25, 0.3) is 83.5 Å². The Morgan fingerprint density at radius 1 is 0.552 bits per heavy atom. The fourth-order valence-electron chi connectivity index (χ4n) is 8.98. The number of rotatable bonds is 3. The van der Waals surface area contributed by atoms with Crippen molar-refractivity contribution < 1.29 is 0 Å². The molecule has 0 unspecified atom stereocenters. The molecule has 0 amide bonds. The van der Waals surface area contributed by atoms with Crippen LogP contribution < -0.4 is 4.90 Å². The third-order valence-corrected chi connectivity index (χ3v) is 12.9. The summed E-state index contributed by atoms with van der Waals surface area (Å²) in [7, 11) is 0. The second-order valence-corrected chi connectivity index (χ2v) is 16.1. The van der Waals surface area contributed by atoms with E-state index < -0.39 is 0 Å². The molecule has 2 aromatic heterocycles. The Hall–Kier alpha value is -7.21. The van der Waals surface area contributed by atoms with Crippen LogP contribution in [0, 0.1) is 0 Å². The fraction of sp³-hybridized carbons (Fsp3) is 0.0189. The highest BCUT2D eigenvalue weighted by atomic mass is 32.2. The van der Waals surface area contributed by atoms with E-state index in [9.17, 15) is 0 Å². The Bertz CT molecular complexity index is 3390. The Kier molecular flexibility index (Phi) is 7.34. The smallest absolute Gasteiger partial charge is 0.235 e. The normalized spacial score (nSPS) is 13.9. The lowest BCUT2D eigenvalue weighted by molar-refractivity contribution is 1.01. The zero-order valence-corrected chi connectivity index (χ0v) is 32.2. The van der Waals surface area contributed by atoms with Crippen molar-refractivity contribution >= 4 is 78.3 Å². The van der Waals surface area contributed by atoms with E-state index in [2.05, 4.69) is 191 Å². The Morgan fingerprint density at radius 3 is 2.26 bits per heavy atom. The minimum atomic E-state index is 0.669. The van der Waals surface area contributed by atoms with E-state index in [1.807, 2.05) is 0 Å². The highest BCUT2D eigenvalue weighted by Crippen LogP contribution is 2.47. The highest BCUT2D eigenvalue weighted by Gasteiger charge is 2.25. The van der Waals surface area contributed by atoms with E-state index >= 15 is 0 Å². The summed E-state index contributed by atoms with van der Waals surface area (Å²) in [5.41, 5.74) is 14.1. The fourth-order valence-corrected chi connectivity index (χ4v) is 10.1. The maximum absolute atomic E-state index is 5.41. The lowest BCUT2D eigenvalue weighted by Gasteiger charge is -2.27. The average Bonchev–Trinajstić information content (AvgIpc) is 3.63. The molecular formula is C53H34N4S. The van der Waals surface area contributed by atoms with Gasteiger partial charge in [0, 0.05) is 55.0 Å². The third kappa shape index (κ3) is 5.10. The van der Waals surface area contributed by atoms with Crippen LogP contribution in [0.1, 0.15) is 16.7 Å². The van der Waals surface area contributed by atoms with Gasteiger partial charge in [-0.1, -0.05) is 146 Å². The Morgan fingerprint density at radius 2 is 1.31 bits per heavy atom. The first-order chi connectivity index (χ1) is 28.7. The third-order valence-electron chi connectivity index (χ3n) is 11.8. The van der Waals surface area contributed by atoms with Gasteiger partial charge < -0.3 is 4.90 Å². The van der Waals surface area contributed by atoms with Crippen molar-refractivity contribution in [3.8, 4) is 28.3 Å². The molecule has 0 saturated carbocycles. The minimum absolute atomic E-state index is 0.669. The van der Waals surface area contributed by atoms with Gasteiger partial charge in [-0.25, -0.2) is 9.97 Å². The predicted octanol–water partition coefficient (Wildman–Crippen LogP) is 13.9. The van der Waals surface area contributed by atoms with Crippen LogP contribution in [0.3, 0.4) is 0 Å². The molecule has 0 spiro atoms. The molecule has 4 heterocycles. The maximum Gasteiger partial charge on any atom is 0.235 e. The first-order valence-electron chi connectivity index (χ1n) is 19.6. The number of benzene rings is 8. The summed E-state index contributed by atoms with van der Waals surface area (Å²) in [6.07, 6.45) is 4.49. The molecule has 0 saturated heterocycles. The van der Waals surface area contributed by atoms with Crippen LogP contribution in [-0.4, -0.2) is 21.1 Å². The molecule has 58 heavy (non-hydrogen) atoms. The molecule has 2 aliphatic rings. The zero-order chi connectivity index (χ0) is 38.3. The highest BCUT2D eigenvalue weighted by molar-refractivity contribution is 7.99. The molecule has 4 nitrogen and oxygen atoms in total. The number of nitrogens with zero attached hydrogens (tertiary/aromatic N) is 4. The van der Waals surface area contributed by atoms with Crippen molar-refractivity contribution in [2.75, 3.05) is 11.4 Å². The van der Waals surface area contributed by atoms with Gasteiger partial charge in [0.2, 0.25) is 5.95 Å². The Labute approximate surface area is 340 Å². The Balaban J connectivity index is 1.06. The molecule has 0 fully saturated rings. The summed E-state index contributed by atoms with van der Waals surface area (Å²) in [6.45, 7) is 5.49. The summed E-state index contributed by atoms with van der Waals surface area (Å²) >= 11 is 1.79. The molecule has 5 heteroatoms. The van der Waals surface area contributed by atoms with E-state index in [1.54, 1.807) is 11.8 Å². The van der Waals surface area contributed by atoms with Crippen LogP contribution >= 0.6 is 11.8 Å². The molecule has 12 rings (SSSR count). The monoisotopic (exact) mass is 758 g/mol. The van der Waals surface area contributed by atoms with Crippen LogP contribution in [0.2, 0.25) is 0 Å². The number of hydrogen-bond donors (Lipinski definition) is 0. The quantitative estimate of drug-likeness (QED) is 0.180. The molecule has 0 bridgehead atoms. The van der Waals surface area contributed by atoms with Gasteiger partial charge in [0.25, 0.3) is 0 Å². The van der Waals surface area contributed by atoms with Gasteiger partial charge in [0.1, 0.15) is 0 Å². The lowest BCUT2D eigenvalue weighted by Crippen LogP contribution is -2.18. The largest absolute Gasteiger partial charge is 0.337 e. The van der Waals surface area contributed by atoms with Crippen molar-refractivity contribution in [2.45, 2.75) is 9.79 Å². The van der Waals surface area contributed by atoms with Crippen LogP contribution in [0.15, 0.2) is 192 Å². The van der Waals surface area contributed by atoms with Crippen molar-refractivity contribution in [3.63, 3.8) is 0 Å². The van der Waals surface area contributed by atoms with Crippen molar-refractivity contribution in [3.05, 3.63) is 199 Å². The van der Waals surface area contributed by atoms with Gasteiger partial charge in [-0.15, -0.1) is 0 Å². The summed E-state index contributed by atoms with van der Waals surface area (Å²) in [4.78, 5) is 15.5. The number of anilines is 2. The van der Waals surface area contributed by atoms with Crippen LogP contribution in [-0.2, 0) is 0 Å². The summed E-state index contributed by atoms with van der Waals surface area (Å²) < 4.78 is 2.25. The van der Waals surface area contributed by atoms with Gasteiger partial charge in [0.05, 0.1) is 22.2 Å². The predicted molar refractivity (Wildman–Crippen MR) is 243 cm³/mol. The van der Waals surface area contributed by atoms with Gasteiger partial charge in [0.15, 0.2) is 0 Å². The first kappa shape index (κ1) is 33.0. The second-order valence-electron chi connectivity index (χ2n) is 15.0. The lowest BCUT2D eigenvalue weighted by atomic mass is 9.91. The summed E-state index contributed by atoms with van der Waals surface area (Å²) in [5.74, 6) is 0.669. The molecule has 2 aliphatic heterocycles. The molecular weight excluding hydrogens is 725 g/mol. The van der Waals surface area contributed by atoms with Gasteiger partial charge in [-0.3, -0.25) is 4.57 Å². The van der Waals surface area contributed by atoms with E-state index in [4.69, 9.17) is 16.5 Å². The average molecular weight is 759 g/mol. The van der Waals surface area contributed by atoms with E-state index in [0.29, 0.717) is 5.95 Å². The van der Waals surface area contributed by atoms with Crippen molar-refractivity contribution in [2.24, 2.45) is 0 Å². The molecule has 0 N–H and O–H groups in total. The standard InChI is InChI=1S/C53H34N4S/c1-33-40-16-5-4-13-35(40)15-11-29-56(39-26-23-34-12-2-3-14-36(34)30-39)46-28-25-37(31-44(33)46)38-24-27-42-41-17-6-8-20-47(41)57(48(42)32-38)53-54-45-19-10-22-50-51(45)52(55-53)43-18-7-9-21-49(43)58-50/h2-28,30-32H,1,29H2/b15-11-. The topological polar surface area (TPSA) is 34.0 Å². The van der Waals surface area contributed by atoms with E-state index in [-0.39, 0.29) is 0 Å². The van der Waals surface area contributed by atoms with Gasteiger partial charge >= 0.3 is 0 Å². The van der Waals surface area contributed by atoms with Crippen LogP contribution in [0.5, 0.6) is 0 Å².